The number of nitriles is 1. The highest BCUT2D eigenvalue weighted by atomic mass is 16.5. The number of nitrogens with one attached hydrogen (secondary N) is 1. The second-order valence-corrected chi connectivity index (χ2v) is 6.75. The molecule has 5 heteroatoms. The minimum Gasteiger partial charge on any atom is -0.485 e. The largest absolute Gasteiger partial charge is 0.485 e. The first-order valence-corrected chi connectivity index (χ1v) is 8.35. The first kappa shape index (κ1) is 17.7. The number of aliphatic hydroxyl groups is 1. The minimum atomic E-state index is -0.960. The molecule has 0 saturated carbocycles. The van der Waals surface area contributed by atoms with Gasteiger partial charge in [0.1, 0.15) is 17.5 Å². The van der Waals surface area contributed by atoms with Crippen LogP contribution < -0.4 is 10.1 Å². The molecular formula is C21H20N2O3. The van der Waals surface area contributed by atoms with Crippen LogP contribution in [0.15, 0.2) is 54.6 Å². The summed E-state index contributed by atoms with van der Waals surface area (Å²) >= 11 is 0. The third-order valence-corrected chi connectivity index (χ3v) is 4.40. The van der Waals surface area contributed by atoms with Crippen LogP contribution >= 0.6 is 0 Å². The first-order chi connectivity index (χ1) is 12.4. The van der Waals surface area contributed by atoms with Crippen molar-refractivity contribution in [3.63, 3.8) is 0 Å². The zero-order chi connectivity index (χ0) is 18.7. The number of benzene rings is 2. The number of carbonyl (C=O) groups excluding carboxylic acids is 1. The zero-order valence-electron chi connectivity index (χ0n) is 14.6. The third-order valence-electron chi connectivity index (χ3n) is 4.40. The van der Waals surface area contributed by atoms with Crippen LogP contribution in [0.1, 0.15) is 36.6 Å². The molecule has 2 aromatic carbocycles. The Balaban J connectivity index is 1.87. The molecule has 3 rings (SSSR count). The second kappa shape index (κ2) is 7.03. The van der Waals surface area contributed by atoms with Crippen molar-refractivity contribution >= 4 is 12.0 Å². The summed E-state index contributed by atoms with van der Waals surface area (Å²) in [5.41, 5.74) is 1.07. The van der Waals surface area contributed by atoms with Crippen LogP contribution in [0.25, 0.3) is 6.08 Å². The summed E-state index contributed by atoms with van der Waals surface area (Å²) in [6.45, 7) is 3.52. The topological polar surface area (TPSA) is 82.3 Å². The molecule has 0 saturated heterocycles. The van der Waals surface area contributed by atoms with Gasteiger partial charge in [0.25, 0.3) is 0 Å². The highest BCUT2D eigenvalue weighted by Gasteiger charge is 2.43. The predicted octanol–water partition coefficient (Wildman–Crippen LogP) is 2.96. The summed E-state index contributed by atoms with van der Waals surface area (Å²) in [6.07, 6.45) is 2.18. The monoisotopic (exact) mass is 348 g/mol. The number of fused-ring (bicyclic) bond motifs is 1. The summed E-state index contributed by atoms with van der Waals surface area (Å²) in [5.74, 6) is 0.223. The molecule has 0 aliphatic carbocycles. The van der Waals surface area contributed by atoms with E-state index in [1.54, 1.807) is 38.1 Å². The quantitative estimate of drug-likeness (QED) is 0.836. The van der Waals surface area contributed by atoms with Gasteiger partial charge in [0, 0.05) is 11.6 Å². The molecule has 2 atom stereocenters. The summed E-state index contributed by atoms with van der Waals surface area (Å²) in [4.78, 5) is 12.4. The molecule has 2 N–H and O–H groups in total. The van der Waals surface area contributed by atoms with Crippen molar-refractivity contribution in [1.29, 1.82) is 5.26 Å². The average Bonchev–Trinajstić information content (AvgIpc) is 2.64. The SMILES string of the molecule is CC1(C)Oc2ccc(C#N)cc2[C@H](NC(=O)/C=C\c2ccccc2)[C@H]1O. The van der Waals surface area contributed by atoms with E-state index < -0.39 is 17.7 Å². The maximum Gasteiger partial charge on any atom is 0.244 e. The normalized spacial score (nSPS) is 20.7. The number of hydrogen-bond donors (Lipinski definition) is 2. The Kier molecular flexibility index (Phi) is 4.79. The fourth-order valence-corrected chi connectivity index (χ4v) is 2.96. The Morgan fingerprint density at radius 3 is 2.69 bits per heavy atom. The zero-order valence-corrected chi connectivity index (χ0v) is 14.6. The van der Waals surface area contributed by atoms with Crippen molar-refractivity contribution in [2.45, 2.75) is 31.6 Å². The van der Waals surface area contributed by atoms with Gasteiger partial charge in [-0.2, -0.15) is 5.26 Å². The molecule has 1 aliphatic rings. The van der Waals surface area contributed by atoms with Crippen LogP contribution in [-0.4, -0.2) is 22.7 Å². The molecule has 0 spiro atoms. The first-order valence-electron chi connectivity index (χ1n) is 8.35. The van der Waals surface area contributed by atoms with E-state index in [4.69, 9.17) is 10.00 Å². The second-order valence-electron chi connectivity index (χ2n) is 6.75. The van der Waals surface area contributed by atoms with E-state index >= 15 is 0 Å². The van der Waals surface area contributed by atoms with Crippen molar-refractivity contribution in [3.8, 4) is 11.8 Å². The molecule has 0 radical (unpaired) electrons. The molecule has 26 heavy (non-hydrogen) atoms. The van der Waals surface area contributed by atoms with Gasteiger partial charge in [0.15, 0.2) is 0 Å². The molecule has 1 heterocycles. The van der Waals surface area contributed by atoms with Crippen molar-refractivity contribution in [3.05, 3.63) is 71.3 Å². The Hall–Kier alpha value is -3.10. The fourth-order valence-electron chi connectivity index (χ4n) is 2.96. The van der Waals surface area contributed by atoms with Crippen molar-refractivity contribution < 1.29 is 14.6 Å². The number of rotatable bonds is 3. The standard InChI is InChI=1S/C21H20N2O3/c1-21(2)20(25)19(16-12-15(13-22)8-10-17(16)26-21)23-18(24)11-9-14-6-4-3-5-7-14/h3-12,19-20,25H,1-2H3,(H,23,24)/b11-9-/t19-,20+/m0/s1. The molecule has 5 nitrogen and oxygen atoms in total. The molecule has 0 bridgehead atoms. The van der Waals surface area contributed by atoms with Crippen molar-refractivity contribution in [2.75, 3.05) is 0 Å². The molecule has 1 amide bonds. The predicted molar refractivity (Wildman–Crippen MR) is 98.2 cm³/mol. The lowest BCUT2D eigenvalue weighted by molar-refractivity contribution is -0.121. The van der Waals surface area contributed by atoms with Gasteiger partial charge in [0.05, 0.1) is 17.7 Å². The highest BCUT2D eigenvalue weighted by molar-refractivity contribution is 5.92. The molecule has 1 aliphatic heterocycles. The number of nitrogens with zero attached hydrogens (tertiary/aromatic N) is 1. The lowest BCUT2D eigenvalue weighted by Crippen LogP contribution is -2.53. The van der Waals surface area contributed by atoms with Crippen molar-refractivity contribution in [2.24, 2.45) is 0 Å². The highest BCUT2D eigenvalue weighted by Crippen LogP contribution is 2.40. The van der Waals surface area contributed by atoms with E-state index in [9.17, 15) is 9.90 Å². The number of hydrogen-bond acceptors (Lipinski definition) is 4. The fraction of sp³-hybridized carbons (Fsp3) is 0.238. The van der Waals surface area contributed by atoms with E-state index in [0.29, 0.717) is 16.9 Å². The maximum absolute atomic E-state index is 12.4. The summed E-state index contributed by atoms with van der Waals surface area (Å²) in [6, 6.07) is 15.9. The Labute approximate surface area is 152 Å². The summed E-state index contributed by atoms with van der Waals surface area (Å²) in [5, 5.41) is 22.7. The maximum atomic E-state index is 12.4. The van der Waals surface area contributed by atoms with E-state index in [0.717, 1.165) is 5.56 Å². The van der Waals surface area contributed by atoms with E-state index in [-0.39, 0.29) is 5.91 Å². The lowest BCUT2D eigenvalue weighted by Gasteiger charge is -2.42. The van der Waals surface area contributed by atoms with Gasteiger partial charge in [0.2, 0.25) is 5.91 Å². The van der Waals surface area contributed by atoms with Gasteiger partial charge in [-0.05, 0) is 43.7 Å². The van der Waals surface area contributed by atoms with Crippen LogP contribution in [-0.2, 0) is 4.79 Å². The summed E-state index contributed by atoms with van der Waals surface area (Å²) in [7, 11) is 0. The van der Waals surface area contributed by atoms with Gasteiger partial charge < -0.3 is 15.2 Å². The number of carbonyl (C=O) groups is 1. The third kappa shape index (κ3) is 3.61. The number of ether oxygens (including phenoxy) is 1. The average molecular weight is 348 g/mol. The molecule has 0 unspecified atom stereocenters. The van der Waals surface area contributed by atoms with Crippen LogP contribution in [0.4, 0.5) is 0 Å². The summed E-state index contributed by atoms with van der Waals surface area (Å²) < 4.78 is 5.84. The molecular weight excluding hydrogens is 328 g/mol. The minimum absolute atomic E-state index is 0.330. The molecule has 132 valence electrons. The van der Waals surface area contributed by atoms with Crippen molar-refractivity contribution in [1.82, 2.24) is 5.32 Å². The van der Waals surface area contributed by atoms with E-state index in [2.05, 4.69) is 11.4 Å². The van der Waals surface area contributed by atoms with Crippen LogP contribution in [0, 0.1) is 11.3 Å². The molecule has 0 fully saturated rings. The number of amides is 1. The van der Waals surface area contributed by atoms with Crippen LogP contribution in [0.2, 0.25) is 0 Å². The van der Waals surface area contributed by atoms with Gasteiger partial charge >= 0.3 is 0 Å². The molecule has 0 aromatic heterocycles. The van der Waals surface area contributed by atoms with Gasteiger partial charge in [-0.3, -0.25) is 4.79 Å². The van der Waals surface area contributed by atoms with Gasteiger partial charge in [-0.1, -0.05) is 30.3 Å². The number of aliphatic hydroxyl groups excluding tert-OH is 1. The lowest BCUT2D eigenvalue weighted by atomic mass is 9.86. The van der Waals surface area contributed by atoms with Gasteiger partial charge in [-0.25, -0.2) is 0 Å². The van der Waals surface area contributed by atoms with Crippen LogP contribution in [0.5, 0.6) is 5.75 Å². The Morgan fingerprint density at radius 1 is 1.27 bits per heavy atom. The van der Waals surface area contributed by atoms with Crippen LogP contribution in [0.3, 0.4) is 0 Å². The van der Waals surface area contributed by atoms with Gasteiger partial charge in [-0.15, -0.1) is 0 Å². The molecule has 2 aromatic rings. The Bertz CT molecular complexity index is 882. The van der Waals surface area contributed by atoms with E-state index in [1.165, 1.54) is 6.08 Å². The smallest absolute Gasteiger partial charge is 0.244 e. The van der Waals surface area contributed by atoms with E-state index in [1.807, 2.05) is 30.3 Å². The Morgan fingerprint density at radius 2 is 2.00 bits per heavy atom.